The summed E-state index contributed by atoms with van der Waals surface area (Å²) in [7, 11) is -1.90. The second-order valence-corrected chi connectivity index (χ2v) is 19.3. The summed E-state index contributed by atoms with van der Waals surface area (Å²) >= 11 is 2.63. The van der Waals surface area contributed by atoms with Gasteiger partial charge >= 0.3 is 0 Å². The average molecular weight is 317 g/mol. The Kier molecular flexibility index (Phi) is 4.52. The fourth-order valence-corrected chi connectivity index (χ4v) is 30.7. The first-order valence-electron chi connectivity index (χ1n) is 4.03. The highest BCUT2D eigenvalue weighted by Gasteiger charge is 2.32. The molecule has 0 amide bonds. The summed E-state index contributed by atoms with van der Waals surface area (Å²) in [6, 6.07) is 0. The lowest BCUT2D eigenvalue weighted by atomic mass is 11.8. The van der Waals surface area contributed by atoms with E-state index in [2.05, 4.69) is 65.0 Å². The number of nitrogens with zero attached hydrogens (tertiary/aromatic N) is 1. The first-order chi connectivity index (χ1) is 4.69. The highest BCUT2D eigenvalue weighted by atomic mass is 127. The smallest absolute Gasteiger partial charge is 0.153 e. The molecular formula is C6H20INSi3. The third-order valence-corrected chi connectivity index (χ3v) is 21.8. The van der Waals surface area contributed by atoms with E-state index in [9.17, 15) is 0 Å². The Morgan fingerprint density at radius 2 is 1.18 bits per heavy atom. The van der Waals surface area contributed by atoms with Gasteiger partial charge in [-0.3, -0.25) is 0 Å². The van der Waals surface area contributed by atoms with Gasteiger partial charge in [0.25, 0.3) is 0 Å². The topological polar surface area (TPSA) is 3.24 Å². The van der Waals surface area contributed by atoms with E-state index in [1.165, 1.54) is 0 Å². The van der Waals surface area contributed by atoms with E-state index in [1.807, 2.05) is 0 Å². The largest absolute Gasteiger partial charge is 0.365 e. The van der Waals surface area contributed by atoms with Crippen molar-refractivity contribution < 1.29 is 0 Å². The maximum absolute atomic E-state index is 2.90. The van der Waals surface area contributed by atoms with Crippen LogP contribution in [0.25, 0.3) is 0 Å². The van der Waals surface area contributed by atoms with Gasteiger partial charge in [-0.25, -0.2) is 0 Å². The van der Waals surface area contributed by atoms with Crippen LogP contribution in [0.4, 0.5) is 0 Å². The van der Waals surface area contributed by atoms with Gasteiger partial charge in [0, 0.05) is 0 Å². The molecule has 1 nitrogen and oxygen atoms in total. The van der Waals surface area contributed by atoms with Crippen molar-refractivity contribution in [3.8, 4) is 0 Å². The minimum Gasteiger partial charge on any atom is -0.365 e. The fourth-order valence-electron chi connectivity index (χ4n) is 1.36. The lowest BCUT2D eigenvalue weighted by molar-refractivity contribution is 0.971. The fraction of sp³-hybridized carbons (Fsp3) is 1.00. The van der Waals surface area contributed by atoms with Gasteiger partial charge in [0.15, 0.2) is 7.18 Å². The van der Waals surface area contributed by atoms with E-state index in [0.717, 1.165) is 0 Å². The molecular weight excluding hydrogens is 297 g/mol. The molecule has 0 N–H and O–H groups in total. The predicted molar refractivity (Wildman–Crippen MR) is 71.1 cm³/mol. The molecule has 0 bridgehead atoms. The van der Waals surface area contributed by atoms with Crippen molar-refractivity contribution in [3.63, 3.8) is 0 Å². The highest BCUT2D eigenvalue weighted by molar-refractivity contribution is 14.1. The van der Waals surface area contributed by atoms with Crippen molar-refractivity contribution in [1.29, 1.82) is 0 Å². The summed E-state index contributed by atoms with van der Waals surface area (Å²) in [6.45, 7) is 14.8. The predicted octanol–water partition coefficient (Wildman–Crippen LogP) is 2.39. The standard InChI is InChI=1S/C6H20INSi3/c1-10(2,3)8(9-7)11(4,5)6/h9H2,1-6H3. The Morgan fingerprint density at radius 3 is 1.18 bits per heavy atom. The summed E-state index contributed by atoms with van der Waals surface area (Å²) < 4.78 is 2.90. The van der Waals surface area contributed by atoms with E-state index in [0.29, 0.717) is 0 Å². The van der Waals surface area contributed by atoms with Crippen molar-refractivity contribution in [2.24, 2.45) is 0 Å². The van der Waals surface area contributed by atoms with Gasteiger partial charge in [-0.15, -0.1) is 21.8 Å². The van der Waals surface area contributed by atoms with Crippen LogP contribution in [0.1, 0.15) is 0 Å². The first-order valence-corrected chi connectivity index (χ1v) is 16.7. The zero-order chi connectivity index (χ0) is 9.28. The van der Waals surface area contributed by atoms with Gasteiger partial charge in [0.05, 0.1) is 0 Å². The van der Waals surface area contributed by atoms with Crippen LogP contribution < -0.4 is 0 Å². The average Bonchev–Trinajstić information content (AvgIpc) is 1.56. The maximum Gasteiger partial charge on any atom is 0.153 e. The third kappa shape index (κ3) is 4.20. The van der Waals surface area contributed by atoms with Gasteiger partial charge in [0.1, 0.15) is 16.5 Å². The minimum absolute atomic E-state index is 0.0464. The number of hydrogen-bond donors (Lipinski definition) is 0. The number of rotatable bonds is 3. The quantitative estimate of drug-likeness (QED) is 0.439. The second kappa shape index (κ2) is 4.03. The normalized spacial score (nSPS) is 15.3. The van der Waals surface area contributed by atoms with Crippen molar-refractivity contribution in [2.45, 2.75) is 39.3 Å². The minimum atomic E-state index is -0.973. The van der Waals surface area contributed by atoms with Gasteiger partial charge in [-0.1, -0.05) is 39.3 Å². The molecule has 0 saturated heterocycles. The van der Waals surface area contributed by atoms with E-state index in [4.69, 9.17) is 0 Å². The van der Waals surface area contributed by atoms with Crippen LogP contribution in [0, 0.1) is 0 Å². The molecule has 0 aliphatic rings. The SMILES string of the molecule is C[Si](C)(C)N([SiH2]I)[Si](C)(C)C. The van der Waals surface area contributed by atoms with Gasteiger partial charge in [-0.05, 0) is 0 Å². The highest BCUT2D eigenvalue weighted by Crippen LogP contribution is 2.19. The van der Waals surface area contributed by atoms with Crippen LogP contribution in [-0.2, 0) is 0 Å². The van der Waals surface area contributed by atoms with Crippen LogP contribution in [0.5, 0.6) is 0 Å². The second-order valence-electron chi connectivity index (χ2n) is 4.89. The van der Waals surface area contributed by atoms with E-state index in [-0.39, 0.29) is 7.18 Å². The molecule has 0 aromatic carbocycles. The summed E-state index contributed by atoms with van der Waals surface area (Å²) in [5.74, 6) is 0. The molecule has 0 radical (unpaired) electrons. The van der Waals surface area contributed by atoms with E-state index >= 15 is 0 Å². The Labute approximate surface area is 88.2 Å². The zero-order valence-electron chi connectivity index (χ0n) is 8.53. The number of hydrogen-bond acceptors (Lipinski definition) is 1. The molecule has 0 saturated carbocycles. The van der Waals surface area contributed by atoms with E-state index < -0.39 is 16.5 Å². The molecule has 0 atom stereocenters. The molecule has 0 aromatic heterocycles. The maximum atomic E-state index is 2.90. The van der Waals surface area contributed by atoms with Crippen molar-refractivity contribution in [3.05, 3.63) is 0 Å². The van der Waals surface area contributed by atoms with Crippen molar-refractivity contribution in [2.75, 3.05) is 0 Å². The number of halogens is 1. The molecule has 0 fully saturated rings. The van der Waals surface area contributed by atoms with Crippen LogP contribution in [-0.4, -0.2) is 27.5 Å². The van der Waals surface area contributed by atoms with Gasteiger partial charge < -0.3 is 3.90 Å². The van der Waals surface area contributed by atoms with Crippen LogP contribution in [0.2, 0.25) is 39.3 Å². The molecule has 5 heteroatoms. The van der Waals surface area contributed by atoms with Gasteiger partial charge in [0.2, 0.25) is 0 Å². The Morgan fingerprint density at radius 1 is 0.909 bits per heavy atom. The summed E-state index contributed by atoms with van der Waals surface area (Å²) in [4.78, 5) is 0. The monoisotopic (exact) mass is 317 g/mol. The summed E-state index contributed by atoms with van der Waals surface area (Å²) in [5.41, 5.74) is 0. The molecule has 0 aliphatic heterocycles. The third-order valence-electron chi connectivity index (χ3n) is 1.74. The van der Waals surface area contributed by atoms with Crippen molar-refractivity contribution >= 4 is 45.4 Å². The molecule has 0 heterocycles. The van der Waals surface area contributed by atoms with Crippen molar-refractivity contribution in [1.82, 2.24) is 3.90 Å². The van der Waals surface area contributed by atoms with Gasteiger partial charge in [-0.2, -0.15) is 0 Å². The van der Waals surface area contributed by atoms with Crippen LogP contribution >= 0.6 is 21.8 Å². The molecule has 0 aromatic rings. The lowest BCUT2D eigenvalue weighted by Gasteiger charge is -2.42. The zero-order valence-corrected chi connectivity index (χ0v) is 14.1. The molecule has 0 rings (SSSR count). The molecule has 0 aliphatic carbocycles. The molecule has 0 spiro atoms. The summed E-state index contributed by atoms with van der Waals surface area (Å²) in [6.07, 6.45) is 0. The lowest BCUT2D eigenvalue weighted by Crippen LogP contribution is -2.59. The Hall–Kier alpha value is 1.34. The Bertz CT molecular complexity index is 113. The van der Waals surface area contributed by atoms with E-state index in [1.54, 1.807) is 0 Å². The molecule has 11 heavy (non-hydrogen) atoms. The molecule has 0 unspecified atom stereocenters. The summed E-state index contributed by atoms with van der Waals surface area (Å²) in [5, 5.41) is 0. The first kappa shape index (κ1) is 12.3. The van der Waals surface area contributed by atoms with Crippen LogP contribution in [0.3, 0.4) is 0 Å². The molecule has 68 valence electrons. The Balaban J connectivity index is 4.43. The van der Waals surface area contributed by atoms with Crippen LogP contribution in [0.15, 0.2) is 0 Å².